The van der Waals surface area contributed by atoms with Crippen LogP contribution >= 0.6 is 11.3 Å². The molecule has 1 aliphatic rings. The summed E-state index contributed by atoms with van der Waals surface area (Å²) in [5.41, 5.74) is 2.25. The Kier molecular flexibility index (Phi) is 5.14. The van der Waals surface area contributed by atoms with E-state index in [-0.39, 0.29) is 18.9 Å². The van der Waals surface area contributed by atoms with Gasteiger partial charge in [0.2, 0.25) is 5.91 Å². The number of hydrogen-bond donors (Lipinski definition) is 1. The minimum atomic E-state index is -0.950. The monoisotopic (exact) mass is 358 g/mol. The lowest BCUT2D eigenvalue weighted by molar-refractivity contribution is -0.153. The lowest BCUT2D eigenvalue weighted by atomic mass is 10.1. The molecule has 0 spiro atoms. The van der Waals surface area contributed by atoms with Crippen molar-refractivity contribution in [3.05, 3.63) is 46.7 Å². The topological polar surface area (TPSA) is 75.7 Å². The van der Waals surface area contributed by atoms with Crippen LogP contribution < -0.4 is 10.2 Å². The fraction of sp³-hybridized carbons (Fsp3) is 0.278. The van der Waals surface area contributed by atoms with E-state index in [0.717, 1.165) is 5.56 Å². The summed E-state index contributed by atoms with van der Waals surface area (Å²) in [6.07, 6.45) is -0.155. The Hall–Kier alpha value is -2.67. The van der Waals surface area contributed by atoms with E-state index in [1.807, 2.05) is 16.8 Å². The van der Waals surface area contributed by atoms with Gasteiger partial charge in [0.05, 0.1) is 11.4 Å². The number of carbonyl (C=O) groups excluding carboxylic acids is 3. The van der Waals surface area contributed by atoms with E-state index in [9.17, 15) is 14.4 Å². The van der Waals surface area contributed by atoms with Crippen molar-refractivity contribution in [1.82, 2.24) is 0 Å². The van der Waals surface area contributed by atoms with Crippen LogP contribution in [0.1, 0.15) is 18.9 Å². The molecule has 0 aliphatic carbocycles. The minimum Gasteiger partial charge on any atom is -0.453 e. The molecule has 1 atom stereocenters. The third-order valence-electron chi connectivity index (χ3n) is 3.89. The summed E-state index contributed by atoms with van der Waals surface area (Å²) < 4.78 is 5.26. The number of hydrogen-bond acceptors (Lipinski definition) is 5. The molecule has 0 radical (unpaired) electrons. The van der Waals surface area contributed by atoms with E-state index >= 15 is 0 Å². The quantitative estimate of drug-likeness (QED) is 0.834. The van der Waals surface area contributed by atoms with Crippen LogP contribution in [-0.4, -0.2) is 30.4 Å². The molecular formula is C18H18N2O4S. The van der Waals surface area contributed by atoms with Crippen LogP contribution in [0.4, 0.5) is 11.4 Å². The standard InChI is InChI=1S/C18H18N2O4S/c1-12(24-17(22)7-6-13-8-9-25-11-13)18(23)20-10-16(21)19-14-4-2-3-5-15(14)20/h2-5,8-9,11-12H,6-7,10H2,1H3,(H,19,21)/t12-/m1/s1. The molecule has 1 aliphatic heterocycles. The average molecular weight is 358 g/mol. The first-order valence-electron chi connectivity index (χ1n) is 7.95. The molecule has 25 heavy (non-hydrogen) atoms. The maximum atomic E-state index is 12.6. The van der Waals surface area contributed by atoms with Crippen LogP contribution in [0.3, 0.4) is 0 Å². The second-order valence-corrected chi connectivity index (χ2v) is 6.53. The molecule has 1 aromatic carbocycles. The van der Waals surface area contributed by atoms with E-state index in [4.69, 9.17) is 4.74 Å². The first kappa shape index (κ1) is 17.2. The Balaban J connectivity index is 1.62. The highest BCUT2D eigenvalue weighted by Gasteiger charge is 2.31. The number of aryl methyl sites for hydroxylation is 1. The van der Waals surface area contributed by atoms with Crippen LogP contribution in [0.5, 0.6) is 0 Å². The summed E-state index contributed by atoms with van der Waals surface area (Å²) in [5, 5.41) is 6.65. The average Bonchev–Trinajstić information content (AvgIpc) is 3.12. The highest BCUT2D eigenvalue weighted by atomic mass is 32.1. The first-order valence-corrected chi connectivity index (χ1v) is 8.89. The van der Waals surface area contributed by atoms with Crippen molar-refractivity contribution in [2.75, 3.05) is 16.8 Å². The number of carbonyl (C=O) groups is 3. The van der Waals surface area contributed by atoms with Crippen LogP contribution in [0, 0.1) is 0 Å². The van der Waals surface area contributed by atoms with Crippen LogP contribution in [0.25, 0.3) is 0 Å². The van der Waals surface area contributed by atoms with Crippen molar-refractivity contribution in [2.45, 2.75) is 25.9 Å². The Morgan fingerprint density at radius 1 is 1.32 bits per heavy atom. The highest BCUT2D eigenvalue weighted by Crippen LogP contribution is 2.29. The van der Waals surface area contributed by atoms with Gasteiger partial charge in [0, 0.05) is 6.42 Å². The van der Waals surface area contributed by atoms with Gasteiger partial charge in [-0.05, 0) is 47.9 Å². The zero-order chi connectivity index (χ0) is 17.8. The van der Waals surface area contributed by atoms with E-state index in [2.05, 4.69) is 5.32 Å². The number of thiophene rings is 1. The molecule has 6 nitrogen and oxygen atoms in total. The molecule has 0 saturated heterocycles. The summed E-state index contributed by atoms with van der Waals surface area (Å²) >= 11 is 1.57. The molecule has 3 rings (SSSR count). The van der Waals surface area contributed by atoms with Gasteiger partial charge in [0.25, 0.3) is 5.91 Å². The summed E-state index contributed by atoms with van der Waals surface area (Å²) in [5.74, 6) is -1.11. The zero-order valence-electron chi connectivity index (χ0n) is 13.7. The van der Waals surface area contributed by atoms with Gasteiger partial charge in [0.15, 0.2) is 6.10 Å². The van der Waals surface area contributed by atoms with Gasteiger partial charge in [0.1, 0.15) is 6.54 Å². The summed E-state index contributed by atoms with van der Waals surface area (Å²) in [6.45, 7) is 1.44. The highest BCUT2D eigenvalue weighted by molar-refractivity contribution is 7.07. The van der Waals surface area contributed by atoms with Gasteiger partial charge in [-0.1, -0.05) is 12.1 Å². The lowest BCUT2D eigenvalue weighted by Gasteiger charge is -2.30. The lowest BCUT2D eigenvalue weighted by Crippen LogP contribution is -2.47. The number of fused-ring (bicyclic) bond motifs is 1. The summed E-state index contributed by atoms with van der Waals surface area (Å²) in [7, 11) is 0. The van der Waals surface area contributed by atoms with E-state index in [0.29, 0.717) is 17.8 Å². The zero-order valence-corrected chi connectivity index (χ0v) is 14.5. The molecule has 7 heteroatoms. The molecule has 1 aromatic heterocycles. The van der Waals surface area contributed by atoms with E-state index in [1.165, 1.54) is 11.8 Å². The maximum Gasteiger partial charge on any atom is 0.306 e. The number of nitrogens with one attached hydrogen (secondary N) is 1. The molecular weight excluding hydrogens is 340 g/mol. The number of esters is 1. The molecule has 1 N–H and O–H groups in total. The Morgan fingerprint density at radius 2 is 2.12 bits per heavy atom. The predicted molar refractivity (Wildman–Crippen MR) is 95.6 cm³/mol. The van der Waals surface area contributed by atoms with Crippen LogP contribution in [0.2, 0.25) is 0 Å². The SMILES string of the molecule is C[C@@H](OC(=O)CCc1ccsc1)C(=O)N1CC(=O)Nc2ccccc21. The third-order valence-corrected chi connectivity index (χ3v) is 4.62. The maximum absolute atomic E-state index is 12.6. The van der Waals surface area contributed by atoms with Crippen LogP contribution in [-0.2, 0) is 25.5 Å². The second-order valence-electron chi connectivity index (χ2n) is 5.75. The third kappa shape index (κ3) is 4.06. The number of rotatable bonds is 5. The smallest absolute Gasteiger partial charge is 0.306 e. The number of nitrogens with zero attached hydrogens (tertiary/aromatic N) is 1. The number of benzene rings is 1. The van der Waals surface area contributed by atoms with E-state index in [1.54, 1.807) is 35.6 Å². The van der Waals surface area contributed by atoms with Crippen molar-refractivity contribution in [3.8, 4) is 0 Å². The van der Waals surface area contributed by atoms with Gasteiger partial charge in [-0.2, -0.15) is 11.3 Å². The fourth-order valence-electron chi connectivity index (χ4n) is 2.64. The number of para-hydroxylation sites is 2. The molecule has 0 bridgehead atoms. The predicted octanol–water partition coefficient (Wildman–Crippen LogP) is 2.60. The molecule has 0 fully saturated rings. The second kappa shape index (κ2) is 7.48. The Morgan fingerprint density at radius 3 is 2.88 bits per heavy atom. The van der Waals surface area contributed by atoms with Gasteiger partial charge < -0.3 is 10.1 Å². The molecule has 0 unspecified atom stereocenters. The van der Waals surface area contributed by atoms with Crippen molar-refractivity contribution < 1.29 is 19.1 Å². The number of anilines is 2. The van der Waals surface area contributed by atoms with Crippen molar-refractivity contribution in [3.63, 3.8) is 0 Å². The fourth-order valence-corrected chi connectivity index (χ4v) is 3.34. The summed E-state index contributed by atoms with van der Waals surface area (Å²) in [4.78, 5) is 37.8. The Bertz CT molecular complexity index is 788. The molecule has 130 valence electrons. The molecule has 2 heterocycles. The van der Waals surface area contributed by atoms with Gasteiger partial charge in [-0.3, -0.25) is 19.3 Å². The molecule has 2 amide bonds. The number of amides is 2. The van der Waals surface area contributed by atoms with E-state index < -0.39 is 18.0 Å². The summed E-state index contributed by atoms with van der Waals surface area (Å²) in [6, 6.07) is 8.99. The Labute approximate surface area is 149 Å². The molecule has 2 aromatic rings. The molecule has 0 saturated carbocycles. The van der Waals surface area contributed by atoms with Crippen molar-refractivity contribution >= 4 is 40.5 Å². The van der Waals surface area contributed by atoms with Gasteiger partial charge in [-0.15, -0.1) is 0 Å². The number of ether oxygens (including phenoxy) is 1. The first-order chi connectivity index (χ1) is 12.0. The van der Waals surface area contributed by atoms with Crippen LogP contribution in [0.15, 0.2) is 41.1 Å². The van der Waals surface area contributed by atoms with Crippen molar-refractivity contribution in [2.24, 2.45) is 0 Å². The van der Waals surface area contributed by atoms with Gasteiger partial charge in [-0.25, -0.2) is 0 Å². The minimum absolute atomic E-state index is 0.0906. The largest absolute Gasteiger partial charge is 0.453 e. The normalized spacial score (nSPS) is 14.4. The van der Waals surface area contributed by atoms with Crippen molar-refractivity contribution in [1.29, 1.82) is 0 Å². The van der Waals surface area contributed by atoms with Gasteiger partial charge >= 0.3 is 5.97 Å².